The third-order valence-corrected chi connectivity index (χ3v) is 4.09. The van der Waals surface area contributed by atoms with E-state index in [9.17, 15) is 18.4 Å². The van der Waals surface area contributed by atoms with Gasteiger partial charge in [-0.25, -0.2) is 13.6 Å². The number of likely N-dealkylation sites (tertiary alicyclic amines) is 1. The van der Waals surface area contributed by atoms with Crippen molar-refractivity contribution < 1.29 is 27.8 Å². The number of amides is 1. The number of carbonyl (C=O) groups excluding carboxylic acids is 2. The first-order valence-electron chi connectivity index (χ1n) is 7.90. The fourth-order valence-electron chi connectivity index (χ4n) is 2.76. The first-order chi connectivity index (χ1) is 11.5. The van der Waals surface area contributed by atoms with Crippen LogP contribution >= 0.6 is 0 Å². The van der Waals surface area contributed by atoms with Crippen molar-refractivity contribution in [1.82, 2.24) is 4.90 Å². The van der Waals surface area contributed by atoms with Crippen molar-refractivity contribution in [3.8, 4) is 0 Å². The summed E-state index contributed by atoms with van der Waals surface area (Å²) in [4.78, 5) is 25.4. The molecule has 5 nitrogen and oxygen atoms in total. The van der Waals surface area contributed by atoms with Crippen LogP contribution in [0.2, 0.25) is 0 Å². The van der Waals surface area contributed by atoms with E-state index in [2.05, 4.69) is 0 Å². The van der Waals surface area contributed by atoms with Crippen LogP contribution in [-0.2, 0) is 20.9 Å². The maximum absolute atomic E-state index is 13.6. The quantitative estimate of drug-likeness (QED) is 0.772. The Kier molecular flexibility index (Phi) is 6.11. The summed E-state index contributed by atoms with van der Waals surface area (Å²) in [5, 5.41) is 0. The monoisotopic (exact) mass is 341 g/mol. The summed E-state index contributed by atoms with van der Waals surface area (Å²) < 4.78 is 37.1. The first kappa shape index (κ1) is 18.2. The van der Waals surface area contributed by atoms with Crippen molar-refractivity contribution >= 4 is 12.1 Å². The summed E-state index contributed by atoms with van der Waals surface area (Å²) in [6.07, 6.45) is -3.32. The Morgan fingerprint density at radius 3 is 2.58 bits per heavy atom. The number of hydrogen-bond donors (Lipinski definition) is 0. The Morgan fingerprint density at radius 1 is 1.25 bits per heavy atom. The lowest BCUT2D eigenvalue weighted by atomic mass is 9.80. The van der Waals surface area contributed by atoms with Crippen molar-refractivity contribution in [3.63, 3.8) is 0 Å². The number of halogens is 2. The normalized spacial score (nSPS) is 20.8. The van der Waals surface area contributed by atoms with Crippen LogP contribution in [0, 0.1) is 5.41 Å². The van der Waals surface area contributed by atoms with Crippen LogP contribution in [-0.4, -0.2) is 43.1 Å². The highest BCUT2D eigenvalue weighted by Gasteiger charge is 2.52. The molecule has 1 amide bonds. The summed E-state index contributed by atoms with van der Waals surface area (Å²) in [6, 6.07) is 9.06. The molecule has 7 heteroatoms. The third-order valence-electron chi connectivity index (χ3n) is 4.09. The van der Waals surface area contributed by atoms with Gasteiger partial charge in [-0.05, 0) is 25.3 Å². The molecule has 132 valence electrons. The van der Waals surface area contributed by atoms with Crippen LogP contribution in [0.25, 0.3) is 0 Å². The highest BCUT2D eigenvalue weighted by Crippen LogP contribution is 2.37. The Balaban J connectivity index is 2.02. The zero-order valence-electron chi connectivity index (χ0n) is 13.5. The topological polar surface area (TPSA) is 55.8 Å². The molecule has 1 heterocycles. The molecule has 0 aliphatic carbocycles. The zero-order chi connectivity index (χ0) is 17.6. The van der Waals surface area contributed by atoms with Crippen LogP contribution in [0.1, 0.15) is 25.3 Å². The van der Waals surface area contributed by atoms with Gasteiger partial charge < -0.3 is 14.4 Å². The van der Waals surface area contributed by atoms with E-state index in [1.807, 2.05) is 18.2 Å². The molecule has 1 unspecified atom stereocenters. The number of carbonyl (C=O) groups is 2. The van der Waals surface area contributed by atoms with Crippen LogP contribution < -0.4 is 0 Å². The second-order valence-electron chi connectivity index (χ2n) is 5.74. The van der Waals surface area contributed by atoms with Crippen molar-refractivity contribution in [2.45, 2.75) is 32.8 Å². The van der Waals surface area contributed by atoms with Gasteiger partial charge in [0, 0.05) is 13.1 Å². The predicted octanol–water partition coefficient (Wildman–Crippen LogP) is 3.23. The molecule has 1 atom stereocenters. The van der Waals surface area contributed by atoms with E-state index >= 15 is 0 Å². The average Bonchev–Trinajstić information content (AvgIpc) is 2.60. The van der Waals surface area contributed by atoms with Gasteiger partial charge in [0.2, 0.25) is 0 Å². The number of ether oxygens (including phenoxy) is 2. The molecule has 0 spiro atoms. The molecule has 0 bridgehead atoms. The van der Waals surface area contributed by atoms with Crippen molar-refractivity contribution in [1.29, 1.82) is 0 Å². The van der Waals surface area contributed by atoms with Gasteiger partial charge >= 0.3 is 12.1 Å². The van der Waals surface area contributed by atoms with Crippen molar-refractivity contribution in [2.75, 3.05) is 19.7 Å². The molecule has 1 aromatic carbocycles. The predicted molar refractivity (Wildman–Crippen MR) is 82.5 cm³/mol. The highest BCUT2D eigenvalue weighted by molar-refractivity contribution is 5.79. The SMILES string of the molecule is CCOC(=O)C1(C(F)F)CCCN(C(=O)OCc2ccccc2)C1. The molecule has 0 radical (unpaired) electrons. The van der Waals surface area contributed by atoms with Crippen LogP contribution in [0.3, 0.4) is 0 Å². The van der Waals surface area contributed by atoms with E-state index < -0.39 is 30.4 Å². The fourth-order valence-corrected chi connectivity index (χ4v) is 2.76. The molecule has 1 saturated heterocycles. The van der Waals surface area contributed by atoms with Gasteiger partial charge in [0.05, 0.1) is 6.61 Å². The van der Waals surface area contributed by atoms with Crippen LogP contribution in [0.5, 0.6) is 0 Å². The molecule has 1 aliphatic rings. The lowest BCUT2D eigenvalue weighted by Gasteiger charge is -2.39. The maximum atomic E-state index is 13.6. The number of nitrogens with zero attached hydrogens (tertiary/aromatic N) is 1. The minimum absolute atomic E-state index is 0.00797. The van der Waals surface area contributed by atoms with Gasteiger partial charge in [0.15, 0.2) is 0 Å². The van der Waals surface area contributed by atoms with Gasteiger partial charge in [-0.3, -0.25) is 4.79 Å². The lowest BCUT2D eigenvalue weighted by Crippen LogP contribution is -2.54. The summed E-state index contributed by atoms with van der Waals surface area (Å²) in [7, 11) is 0. The maximum Gasteiger partial charge on any atom is 0.410 e. The van der Waals surface area contributed by atoms with Crippen molar-refractivity contribution in [3.05, 3.63) is 35.9 Å². The molecular formula is C17H21F2NO4. The first-order valence-corrected chi connectivity index (χ1v) is 7.90. The molecule has 1 aliphatic heterocycles. The Labute approximate surface area is 139 Å². The van der Waals surface area contributed by atoms with Gasteiger partial charge in [0.1, 0.15) is 12.0 Å². The van der Waals surface area contributed by atoms with Crippen LogP contribution in [0.15, 0.2) is 30.3 Å². The number of alkyl halides is 2. The zero-order valence-corrected chi connectivity index (χ0v) is 13.5. The summed E-state index contributed by atoms with van der Waals surface area (Å²) in [5.74, 6) is -0.958. The molecule has 0 aromatic heterocycles. The lowest BCUT2D eigenvalue weighted by molar-refractivity contribution is -0.171. The summed E-state index contributed by atoms with van der Waals surface area (Å²) >= 11 is 0. The molecule has 2 rings (SSSR count). The van der Waals surface area contributed by atoms with E-state index in [-0.39, 0.29) is 26.2 Å². The van der Waals surface area contributed by atoms with E-state index in [1.165, 1.54) is 0 Å². The highest BCUT2D eigenvalue weighted by atomic mass is 19.3. The molecule has 24 heavy (non-hydrogen) atoms. The third kappa shape index (κ3) is 4.01. The van der Waals surface area contributed by atoms with Gasteiger partial charge in [-0.2, -0.15) is 0 Å². The van der Waals surface area contributed by atoms with E-state index in [1.54, 1.807) is 19.1 Å². The Hall–Kier alpha value is -2.18. The molecule has 1 fully saturated rings. The molecule has 1 aromatic rings. The second-order valence-corrected chi connectivity index (χ2v) is 5.74. The summed E-state index contributed by atoms with van der Waals surface area (Å²) in [6.45, 7) is 1.52. The Bertz CT molecular complexity index is 567. The fraction of sp³-hybridized carbons (Fsp3) is 0.529. The number of esters is 1. The molecular weight excluding hydrogens is 320 g/mol. The van der Waals surface area contributed by atoms with E-state index in [4.69, 9.17) is 9.47 Å². The summed E-state index contributed by atoms with van der Waals surface area (Å²) in [5.41, 5.74) is -1.17. The van der Waals surface area contributed by atoms with Gasteiger partial charge in [-0.15, -0.1) is 0 Å². The number of hydrogen-bond acceptors (Lipinski definition) is 4. The van der Waals surface area contributed by atoms with E-state index in [0.717, 1.165) is 10.5 Å². The number of rotatable bonds is 5. The van der Waals surface area contributed by atoms with Crippen LogP contribution in [0.4, 0.5) is 13.6 Å². The van der Waals surface area contributed by atoms with Crippen molar-refractivity contribution in [2.24, 2.45) is 5.41 Å². The number of benzene rings is 1. The Morgan fingerprint density at radius 2 is 1.96 bits per heavy atom. The second kappa shape index (κ2) is 8.08. The molecule has 0 saturated carbocycles. The average molecular weight is 341 g/mol. The van der Waals surface area contributed by atoms with Gasteiger partial charge in [0.25, 0.3) is 6.43 Å². The smallest absolute Gasteiger partial charge is 0.410 e. The van der Waals surface area contributed by atoms with Gasteiger partial charge in [-0.1, -0.05) is 30.3 Å². The standard InChI is InChI=1S/C17H21F2NO4/c1-2-23-15(21)17(14(18)19)9-6-10-20(12-17)16(22)24-11-13-7-4-3-5-8-13/h3-5,7-8,14H,2,6,9-12H2,1H3. The largest absolute Gasteiger partial charge is 0.465 e. The number of piperidine rings is 1. The van der Waals surface area contributed by atoms with E-state index in [0.29, 0.717) is 6.42 Å². The minimum atomic E-state index is -2.90. The molecule has 0 N–H and O–H groups in total. The minimum Gasteiger partial charge on any atom is -0.465 e.